The van der Waals surface area contributed by atoms with Crippen LogP contribution in [0.15, 0.2) is 22.9 Å². The highest BCUT2D eigenvalue weighted by atomic mass is 79.9. The van der Waals surface area contributed by atoms with Crippen LogP contribution < -0.4 is 5.32 Å². The normalized spacial score (nSPS) is 28.0. The zero-order valence-electron chi connectivity index (χ0n) is 9.33. The monoisotopic (exact) mass is 278 g/mol. The van der Waals surface area contributed by atoms with E-state index in [0.717, 1.165) is 23.0 Å². The lowest BCUT2D eigenvalue weighted by Gasteiger charge is -2.07. The van der Waals surface area contributed by atoms with Crippen molar-refractivity contribution >= 4 is 21.5 Å². The number of aromatic nitrogens is 1. The van der Waals surface area contributed by atoms with Gasteiger partial charge >= 0.3 is 0 Å². The molecule has 0 saturated carbocycles. The van der Waals surface area contributed by atoms with Crippen molar-refractivity contribution in [2.45, 2.75) is 13.3 Å². The second-order valence-electron chi connectivity index (χ2n) is 4.81. The molecular weight excluding hydrogens is 264 g/mol. The van der Waals surface area contributed by atoms with Crippen molar-refractivity contribution in [1.29, 1.82) is 0 Å². The smallest absolute Gasteiger partial charge is 0.109 e. The van der Waals surface area contributed by atoms with E-state index < -0.39 is 0 Å². The summed E-state index contributed by atoms with van der Waals surface area (Å²) in [5.41, 5.74) is 4.00. The van der Waals surface area contributed by atoms with Crippen molar-refractivity contribution in [3.05, 3.63) is 34.1 Å². The average Bonchev–Trinajstić information content (AvgIpc) is 2.81. The van der Waals surface area contributed by atoms with Gasteiger partial charge < -0.3 is 5.32 Å². The summed E-state index contributed by atoms with van der Waals surface area (Å²) >= 11 is 3.45. The molecule has 1 aromatic heterocycles. The van der Waals surface area contributed by atoms with Gasteiger partial charge in [-0.1, -0.05) is 6.08 Å². The van der Waals surface area contributed by atoms with Crippen LogP contribution in [0, 0.1) is 18.8 Å². The van der Waals surface area contributed by atoms with Gasteiger partial charge in [0.1, 0.15) is 4.60 Å². The number of pyridine rings is 1. The molecule has 3 rings (SSSR count). The molecule has 2 heterocycles. The topological polar surface area (TPSA) is 24.9 Å². The SMILES string of the molecule is Cc1cc(C2=C[C@H]3CNC[C@H]3C2)cnc1Br. The number of halogens is 1. The molecule has 1 fully saturated rings. The van der Waals surface area contributed by atoms with Crippen LogP contribution in [0.4, 0.5) is 0 Å². The van der Waals surface area contributed by atoms with Gasteiger partial charge in [0.2, 0.25) is 0 Å². The van der Waals surface area contributed by atoms with E-state index in [4.69, 9.17) is 0 Å². The standard InChI is InChI=1S/C13H15BrN2/c1-8-2-10(7-16-13(8)14)9-3-11-5-15-6-12(11)4-9/h2-3,7,11-12,15H,4-6H2,1H3/t11-,12+/m0/s1. The Labute approximate surface area is 104 Å². The summed E-state index contributed by atoms with van der Waals surface area (Å²) in [4.78, 5) is 4.38. The second-order valence-corrected chi connectivity index (χ2v) is 5.56. The molecule has 2 atom stereocenters. The first-order valence-corrected chi connectivity index (χ1v) is 6.57. The van der Waals surface area contributed by atoms with Crippen LogP contribution in [0.3, 0.4) is 0 Å². The highest BCUT2D eigenvalue weighted by Gasteiger charge is 2.31. The fourth-order valence-electron chi connectivity index (χ4n) is 2.73. The van der Waals surface area contributed by atoms with Crippen molar-refractivity contribution in [1.82, 2.24) is 10.3 Å². The molecule has 1 aliphatic heterocycles. The van der Waals surface area contributed by atoms with E-state index in [9.17, 15) is 0 Å². The molecule has 0 bridgehead atoms. The molecule has 0 spiro atoms. The first kappa shape index (κ1) is 10.5. The van der Waals surface area contributed by atoms with Crippen LogP contribution in [0.25, 0.3) is 5.57 Å². The molecule has 1 aromatic rings. The van der Waals surface area contributed by atoms with Gasteiger partial charge in [-0.3, -0.25) is 0 Å². The molecular formula is C13H15BrN2. The van der Waals surface area contributed by atoms with Crippen molar-refractivity contribution in [2.75, 3.05) is 13.1 Å². The third kappa shape index (κ3) is 1.72. The molecule has 16 heavy (non-hydrogen) atoms. The lowest BCUT2D eigenvalue weighted by molar-refractivity contribution is 0.536. The molecule has 0 unspecified atom stereocenters. The summed E-state index contributed by atoms with van der Waals surface area (Å²) in [6.45, 7) is 4.42. The molecule has 0 radical (unpaired) electrons. The van der Waals surface area contributed by atoms with Gasteiger partial charge in [0.05, 0.1) is 0 Å². The van der Waals surface area contributed by atoms with Gasteiger partial charge in [-0.25, -0.2) is 4.98 Å². The first-order chi connectivity index (χ1) is 7.74. The number of hydrogen-bond acceptors (Lipinski definition) is 2. The molecule has 3 heteroatoms. The summed E-state index contributed by atoms with van der Waals surface area (Å²) in [5.74, 6) is 1.57. The van der Waals surface area contributed by atoms with Gasteiger partial charge in [0.25, 0.3) is 0 Å². The van der Waals surface area contributed by atoms with E-state index in [1.54, 1.807) is 0 Å². The Morgan fingerprint density at radius 2 is 2.31 bits per heavy atom. The van der Waals surface area contributed by atoms with Crippen molar-refractivity contribution in [2.24, 2.45) is 11.8 Å². The molecule has 2 aliphatic rings. The number of nitrogens with one attached hydrogen (secondary N) is 1. The van der Waals surface area contributed by atoms with Gasteiger partial charge in [0, 0.05) is 12.7 Å². The van der Waals surface area contributed by atoms with E-state index in [1.807, 2.05) is 6.20 Å². The zero-order valence-corrected chi connectivity index (χ0v) is 10.9. The third-order valence-corrected chi connectivity index (χ3v) is 4.50. The number of aryl methyl sites for hydroxylation is 1. The molecule has 0 amide bonds. The highest BCUT2D eigenvalue weighted by Crippen LogP contribution is 2.38. The van der Waals surface area contributed by atoms with Gasteiger partial charge in [0.15, 0.2) is 0 Å². The second kappa shape index (κ2) is 3.97. The molecule has 2 nitrogen and oxygen atoms in total. The summed E-state index contributed by atoms with van der Waals surface area (Å²) < 4.78 is 0.955. The minimum atomic E-state index is 0.749. The van der Waals surface area contributed by atoms with Crippen LogP contribution in [0.1, 0.15) is 17.5 Å². The predicted octanol–water partition coefficient (Wildman–Crippen LogP) is 2.78. The zero-order chi connectivity index (χ0) is 11.1. The molecule has 84 valence electrons. The Bertz CT molecular complexity index is 453. The summed E-state index contributed by atoms with van der Waals surface area (Å²) in [7, 11) is 0. The van der Waals surface area contributed by atoms with Crippen LogP contribution in [0.5, 0.6) is 0 Å². The summed E-state index contributed by atoms with van der Waals surface area (Å²) in [5, 5.41) is 3.45. The maximum absolute atomic E-state index is 4.38. The van der Waals surface area contributed by atoms with Crippen LogP contribution in [-0.2, 0) is 0 Å². The quantitative estimate of drug-likeness (QED) is 0.800. The third-order valence-electron chi connectivity index (χ3n) is 3.67. The van der Waals surface area contributed by atoms with E-state index in [2.05, 4.69) is 45.3 Å². The maximum atomic E-state index is 4.38. The first-order valence-electron chi connectivity index (χ1n) is 5.78. The Kier molecular flexibility index (Phi) is 2.60. The molecule has 1 saturated heterocycles. The van der Waals surface area contributed by atoms with Gasteiger partial charge in [-0.15, -0.1) is 0 Å². The Morgan fingerprint density at radius 1 is 1.44 bits per heavy atom. The number of allylic oxidation sites excluding steroid dienone is 1. The minimum Gasteiger partial charge on any atom is -0.316 e. The number of rotatable bonds is 1. The van der Waals surface area contributed by atoms with Gasteiger partial charge in [-0.2, -0.15) is 0 Å². The maximum Gasteiger partial charge on any atom is 0.109 e. The van der Waals surface area contributed by atoms with E-state index in [1.165, 1.54) is 29.7 Å². The Hall–Kier alpha value is -0.670. The Morgan fingerprint density at radius 3 is 3.06 bits per heavy atom. The van der Waals surface area contributed by atoms with Crippen molar-refractivity contribution in [3.8, 4) is 0 Å². The number of nitrogens with zero attached hydrogens (tertiary/aromatic N) is 1. The van der Waals surface area contributed by atoms with Crippen LogP contribution >= 0.6 is 15.9 Å². The minimum absolute atomic E-state index is 0.749. The average molecular weight is 279 g/mol. The lowest BCUT2D eigenvalue weighted by atomic mass is 9.98. The number of hydrogen-bond donors (Lipinski definition) is 1. The van der Waals surface area contributed by atoms with Crippen LogP contribution in [0.2, 0.25) is 0 Å². The van der Waals surface area contributed by atoms with E-state index in [-0.39, 0.29) is 0 Å². The van der Waals surface area contributed by atoms with Gasteiger partial charge in [-0.05, 0) is 70.4 Å². The predicted molar refractivity (Wildman–Crippen MR) is 69.1 cm³/mol. The van der Waals surface area contributed by atoms with E-state index in [0.29, 0.717) is 0 Å². The fraction of sp³-hybridized carbons (Fsp3) is 0.462. The van der Waals surface area contributed by atoms with Crippen LogP contribution in [-0.4, -0.2) is 18.1 Å². The molecule has 1 aliphatic carbocycles. The van der Waals surface area contributed by atoms with Crippen molar-refractivity contribution in [3.63, 3.8) is 0 Å². The molecule has 0 aromatic carbocycles. The summed E-state index contributed by atoms with van der Waals surface area (Å²) in [6, 6.07) is 2.23. The largest absolute Gasteiger partial charge is 0.316 e. The van der Waals surface area contributed by atoms with E-state index >= 15 is 0 Å². The Balaban J connectivity index is 1.90. The fourth-order valence-corrected chi connectivity index (χ4v) is 2.95. The molecule has 1 N–H and O–H groups in total. The number of fused-ring (bicyclic) bond motifs is 1. The summed E-state index contributed by atoms with van der Waals surface area (Å²) in [6.07, 6.45) is 5.63. The highest BCUT2D eigenvalue weighted by molar-refractivity contribution is 9.10. The van der Waals surface area contributed by atoms with Crippen molar-refractivity contribution < 1.29 is 0 Å². The lowest BCUT2D eigenvalue weighted by Crippen LogP contribution is -2.09.